The summed E-state index contributed by atoms with van der Waals surface area (Å²) in [5, 5.41) is 16.2. The summed E-state index contributed by atoms with van der Waals surface area (Å²) in [5.74, 6) is -0.0146. The van der Waals surface area contributed by atoms with Crippen LogP contribution in [0, 0.1) is 16.6 Å². The smallest absolute Gasteiger partial charge is 0.229 e. The highest BCUT2D eigenvalue weighted by atomic mass is 19.1. The molecule has 0 saturated carbocycles. The van der Waals surface area contributed by atoms with Crippen molar-refractivity contribution in [2.75, 3.05) is 17.2 Å². The Morgan fingerprint density at radius 3 is 2.84 bits per heavy atom. The molecule has 0 amide bonds. The van der Waals surface area contributed by atoms with Crippen molar-refractivity contribution in [2.24, 2.45) is 0 Å². The highest BCUT2D eigenvalue weighted by Gasteiger charge is 2.22. The second-order valence-corrected chi connectivity index (χ2v) is 6.03. The van der Waals surface area contributed by atoms with Crippen molar-refractivity contribution in [3.8, 4) is 0 Å². The van der Waals surface area contributed by atoms with Crippen LogP contribution in [-0.4, -0.2) is 22.4 Å². The lowest BCUT2D eigenvalue weighted by molar-refractivity contribution is 0.634. The Morgan fingerprint density at radius 1 is 1.24 bits per heavy atom. The van der Waals surface area contributed by atoms with E-state index in [9.17, 15) is 4.39 Å². The van der Waals surface area contributed by atoms with Gasteiger partial charge in [-0.15, -0.1) is 0 Å². The van der Waals surface area contributed by atoms with Gasteiger partial charge in [0.25, 0.3) is 0 Å². The summed E-state index contributed by atoms with van der Waals surface area (Å²) in [6, 6.07) is 10.8. The van der Waals surface area contributed by atoms with Gasteiger partial charge in [0.15, 0.2) is 0 Å². The van der Waals surface area contributed by atoms with Crippen molar-refractivity contribution in [2.45, 2.75) is 12.8 Å². The molecular weight excluding hydrogens is 319 g/mol. The van der Waals surface area contributed by atoms with Crippen LogP contribution < -0.4 is 16.3 Å². The first kappa shape index (κ1) is 15.3. The molecule has 0 saturated heterocycles. The number of nitrogens with zero attached hydrogens (tertiary/aromatic N) is 3. The number of hydrogen-bond acceptors (Lipinski definition) is 5. The van der Waals surface area contributed by atoms with E-state index in [0.717, 1.165) is 31.4 Å². The lowest BCUT2D eigenvalue weighted by Gasteiger charge is -2.31. The maximum atomic E-state index is 14.1. The van der Waals surface area contributed by atoms with Crippen molar-refractivity contribution in [3.63, 3.8) is 0 Å². The molecule has 2 aromatic carbocycles. The fourth-order valence-electron chi connectivity index (χ4n) is 3.37. The van der Waals surface area contributed by atoms with Gasteiger partial charge in [0.05, 0.1) is 17.5 Å². The molecule has 4 N–H and O–H groups in total. The van der Waals surface area contributed by atoms with Gasteiger partial charge in [-0.25, -0.2) is 4.39 Å². The number of nitrogens with two attached hydrogens (primary N) is 1. The second-order valence-electron chi connectivity index (χ2n) is 6.03. The fraction of sp³-hybridized carbons (Fsp3) is 0.167. The molecule has 3 aromatic rings. The Balaban J connectivity index is 2.05. The summed E-state index contributed by atoms with van der Waals surface area (Å²) in [4.78, 5) is 6.38. The molecule has 0 bridgehead atoms. The van der Waals surface area contributed by atoms with E-state index >= 15 is 0 Å². The molecule has 4 rings (SSSR count). The molecule has 0 spiro atoms. The average molecular weight is 336 g/mol. The molecule has 126 valence electrons. The van der Waals surface area contributed by atoms with E-state index in [4.69, 9.17) is 16.6 Å². The van der Waals surface area contributed by atoms with E-state index in [-0.39, 0.29) is 11.3 Å². The van der Waals surface area contributed by atoms with E-state index in [0.29, 0.717) is 16.7 Å². The normalized spacial score (nSPS) is 13.7. The summed E-state index contributed by atoms with van der Waals surface area (Å²) in [6.07, 6.45) is 2.92. The zero-order valence-electron chi connectivity index (χ0n) is 13.5. The molecule has 0 atom stereocenters. The molecule has 1 aromatic heterocycles. The fourth-order valence-corrected chi connectivity index (χ4v) is 3.37. The number of aromatic nitrogens is 2. The minimum Gasteiger partial charge on any atom is -0.396 e. The van der Waals surface area contributed by atoms with Gasteiger partial charge in [-0.3, -0.25) is 15.4 Å². The number of rotatable bonds is 2. The van der Waals surface area contributed by atoms with E-state index in [1.807, 2.05) is 23.1 Å². The maximum absolute atomic E-state index is 14.1. The summed E-state index contributed by atoms with van der Waals surface area (Å²) < 4.78 is 15.4. The highest BCUT2D eigenvalue weighted by Crippen LogP contribution is 2.36. The first-order valence-corrected chi connectivity index (χ1v) is 8.02. The molecule has 0 fully saturated rings. The van der Waals surface area contributed by atoms with Crippen molar-refractivity contribution < 1.29 is 4.39 Å². The standard InChI is InChI=1S/C18H17FN6/c19-13-8-12-16(9-14(13)21)25(10-20)18(22)23-17(12)24-7-3-5-11-4-1-2-6-15(11)24/h1-2,4,6,8-10,20,22H,3,5,7,21H2. The highest BCUT2D eigenvalue weighted by molar-refractivity contribution is 5.96. The molecular formula is C18H17FN6. The molecule has 2 heterocycles. The Morgan fingerprint density at radius 2 is 2.04 bits per heavy atom. The third-order valence-corrected chi connectivity index (χ3v) is 4.55. The Labute approximate surface area is 143 Å². The van der Waals surface area contributed by atoms with Crippen LogP contribution in [0.1, 0.15) is 12.0 Å². The van der Waals surface area contributed by atoms with Crippen LogP contribution in [-0.2, 0) is 6.42 Å². The summed E-state index contributed by atoms with van der Waals surface area (Å²) >= 11 is 0. The zero-order valence-corrected chi connectivity index (χ0v) is 13.5. The molecule has 7 heteroatoms. The minimum absolute atomic E-state index is 0.0151. The van der Waals surface area contributed by atoms with E-state index in [1.165, 1.54) is 22.3 Å². The van der Waals surface area contributed by atoms with Crippen molar-refractivity contribution in [3.05, 3.63) is 53.4 Å². The van der Waals surface area contributed by atoms with E-state index in [2.05, 4.69) is 11.1 Å². The van der Waals surface area contributed by atoms with Crippen molar-refractivity contribution in [1.29, 1.82) is 10.8 Å². The van der Waals surface area contributed by atoms with E-state index < -0.39 is 5.82 Å². The zero-order chi connectivity index (χ0) is 17.6. The van der Waals surface area contributed by atoms with Crippen LogP contribution in [0.15, 0.2) is 36.4 Å². The van der Waals surface area contributed by atoms with Crippen LogP contribution in [0.25, 0.3) is 10.9 Å². The number of nitrogen functional groups attached to an aromatic ring is 1. The lowest BCUT2D eigenvalue weighted by Crippen LogP contribution is -2.31. The van der Waals surface area contributed by atoms with Gasteiger partial charge in [0.1, 0.15) is 11.6 Å². The number of nitrogens with one attached hydrogen (secondary N) is 2. The minimum atomic E-state index is -0.532. The van der Waals surface area contributed by atoms with Crippen molar-refractivity contribution >= 4 is 34.4 Å². The number of benzene rings is 2. The first-order chi connectivity index (χ1) is 12.1. The largest absolute Gasteiger partial charge is 0.396 e. The number of aryl methyl sites for hydroxylation is 1. The van der Waals surface area contributed by atoms with E-state index in [1.54, 1.807) is 0 Å². The van der Waals surface area contributed by atoms with Gasteiger partial charge < -0.3 is 10.6 Å². The van der Waals surface area contributed by atoms with Crippen LogP contribution in [0.2, 0.25) is 0 Å². The number of para-hydroxylation sites is 1. The quantitative estimate of drug-likeness (QED) is 0.381. The number of anilines is 3. The topological polar surface area (TPSA) is 94.8 Å². The molecule has 1 aliphatic rings. The predicted molar refractivity (Wildman–Crippen MR) is 95.9 cm³/mol. The molecule has 25 heavy (non-hydrogen) atoms. The van der Waals surface area contributed by atoms with Crippen LogP contribution in [0.4, 0.5) is 21.6 Å². The molecule has 0 radical (unpaired) electrons. The average Bonchev–Trinajstić information content (AvgIpc) is 2.62. The lowest BCUT2D eigenvalue weighted by atomic mass is 10.0. The molecule has 1 aliphatic heterocycles. The Kier molecular flexibility index (Phi) is 3.49. The second kappa shape index (κ2) is 5.70. The molecule has 6 nitrogen and oxygen atoms in total. The van der Waals surface area contributed by atoms with Crippen molar-refractivity contribution in [1.82, 2.24) is 9.55 Å². The third kappa shape index (κ3) is 2.36. The Bertz CT molecular complexity index is 1060. The van der Waals surface area contributed by atoms with Crippen LogP contribution >= 0.6 is 0 Å². The van der Waals surface area contributed by atoms with Gasteiger partial charge in [0.2, 0.25) is 5.62 Å². The Hall–Kier alpha value is -3.22. The van der Waals surface area contributed by atoms with Crippen LogP contribution in [0.5, 0.6) is 0 Å². The summed E-state index contributed by atoms with van der Waals surface area (Å²) in [7, 11) is 0. The van der Waals surface area contributed by atoms with Crippen LogP contribution in [0.3, 0.4) is 0 Å². The number of fused-ring (bicyclic) bond motifs is 2. The maximum Gasteiger partial charge on any atom is 0.229 e. The molecule has 0 unspecified atom stereocenters. The summed E-state index contributed by atoms with van der Waals surface area (Å²) in [6.45, 7) is 0.735. The summed E-state index contributed by atoms with van der Waals surface area (Å²) in [5.41, 5.74) is 8.32. The predicted octanol–water partition coefficient (Wildman–Crippen LogP) is 2.78. The third-order valence-electron chi connectivity index (χ3n) is 4.55. The monoisotopic (exact) mass is 336 g/mol. The van der Waals surface area contributed by atoms with Gasteiger partial charge in [-0.05, 0) is 36.6 Å². The van der Waals surface area contributed by atoms with Gasteiger partial charge in [-0.1, -0.05) is 18.2 Å². The number of halogens is 1. The SMILES string of the molecule is N=Cn1c(=N)nc(N2CCCc3ccccc32)c2cc(F)c(N)cc21. The van der Waals surface area contributed by atoms with Gasteiger partial charge >= 0.3 is 0 Å². The van der Waals surface area contributed by atoms with Gasteiger partial charge in [-0.2, -0.15) is 4.98 Å². The van der Waals surface area contributed by atoms with Gasteiger partial charge in [0, 0.05) is 17.6 Å². The first-order valence-electron chi connectivity index (χ1n) is 8.02. The molecule has 0 aliphatic carbocycles. The number of hydrogen-bond donors (Lipinski definition) is 3.